The van der Waals surface area contributed by atoms with Crippen molar-refractivity contribution in [1.82, 2.24) is 4.90 Å². The Morgan fingerprint density at radius 3 is 2.26 bits per heavy atom. The second-order valence-corrected chi connectivity index (χ2v) is 5.49. The molecule has 19 heavy (non-hydrogen) atoms. The van der Waals surface area contributed by atoms with Crippen molar-refractivity contribution in [2.75, 3.05) is 32.0 Å². The fourth-order valence-electron chi connectivity index (χ4n) is 3.02. The lowest BCUT2D eigenvalue weighted by atomic mass is 9.99. The smallest absolute Gasteiger partial charge is 0.170 e. The Morgan fingerprint density at radius 1 is 1.11 bits per heavy atom. The van der Waals surface area contributed by atoms with Crippen LogP contribution in [0.1, 0.15) is 31.4 Å². The van der Waals surface area contributed by atoms with Crippen LogP contribution in [-0.4, -0.2) is 37.0 Å². The molecular formula is C15H22N2O2. The molecule has 0 saturated carbocycles. The minimum absolute atomic E-state index is 0.280. The van der Waals surface area contributed by atoms with Crippen molar-refractivity contribution < 1.29 is 9.47 Å². The quantitative estimate of drug-likeness (QED) is 0.830. The number of hydrogen-bond acceptors (Lipinski definition) is 4. The van der Waals surface area contributed by atoms with E-state index in [2.05, 4.69) is 24.0 Å². The summed E-state index contributed by atoms with van der Waals surface area (Å²) in [5.41, 5.74) is 7.88. The molecule has 2 saturated heterocycles. The number of nitrogens with two attached hydrogens (primary N) is 1. The molecule has 0 radical (unpaired) electrons. The van der Waals surface area contributed by atoms with Gasteiger partial charge < -0.3 is 15.2 Å². The maximum absolute atomic E-state index is 5.77. The van der Waals surface area contributed by atoms with Crippen molar-refractivity contribution in [3.8, 4) is 0 Å². The number of piperidine rings is 1. The molecule has 0 aromatic heterocycles. The minimum Gasteiger partial charge on any atom is -0.399 e. The van der Waals surface area contributed by atoms with Crippen LogP contribution in [0, 0.1) is 0 Å². The number of anilines is 1. The summed E-state index contributed by atoms with van der Waals surface area (Å²) in [5, 5.41) is 0. The average Bonchev–Trinajstić information content (AvgIpc) is 2.88. The first-order valence-electron chi connectivity index (χ1n) is 7.06. The van der Waals surface area contributed by atoms with Gasteiger partial charge in [0.2, 0.25) is 0 Å². The predicted molar refractivity (Wildman–Crippen MR) is 74.7 cm³/mol. The average molecular weight is 262 g/mol. The number of nitrogen functional groups attached to an aromatic ring is 1. The summed E-state index contributed by atoms with van der Waals surface area (Å²) in [6.45, 7) is 5.78. The molecule has 4 nitrogen and oxygen atoms in total. The third kappa shape index (κ3) is 2.61. The zero-order valence-electron chi connectivity index (χ0n) is 11.5. The monoisotopic (exact) mass is 262 g/mol. The highest BCUT2D eigenvalue weighted by molar-refractivity contribution is 5.40. The van der Waals surface area contributed by atoms with Crippen molar-refractivity contribution >= 4 is 5.69 Å². The predicted octanol–water partition coefficient (Wildman–Crippen LogP) is 2.17. The lowest BCUT2D eigenvalue weighted by Gasteiger charge is -2.40. The zero-order chi connectivity index (χ0) is 13.3. The molecule has 4 heteroatoms. The molecule has 1 aromatic rings. The molecule has 2 fully saturated rings. The van der Waals surface area contributed by atoms with E-state index < -0.39 is 0 Å². The number of hydrogen-bond donors (Lipinski definition) is 1. The Bertz CT molecular complexity index is 416. The summed E-state index contributed by atoms with van der Waals surface area (Å²) < 4.78 is 11.5. The van der Waals surface area contributed by atoms with E-state index in [0.717, 1.165) is 44.8 Å². The van der Waals surface area contributed by atoms with Gasteiger partial charge in [-0.2, -0.15) is 0 Å². The third-order valence-corrected chi connectivity index (χ3v) is 4.34. The molecule has 104 valence electrons. The largest absolute Gasteiger partial charge is 0.399 e. The van der Waals surface area contributed by atoms with E-state index in [9.17, 15) is 0 Å². The van der Waals surface area contributed by atoms with E-state index in [1.807, 2.05) is 12.1 Å². The van der Waals surface area contributed by atoms with Gasteiger partial charge in [0.15, 0.2) is 5.79 Å². The van der Waals surface area contributed by atoms with Crippen LogP contribution < -0.4 is 5.73 Å². The Labute approximate surface area is 114 Å². The molecule has 1 atom stereocenters. The van der Waals surface area contributed by atoms with Gasteiger partial charge in [0.1, 0.15) is 0 Å². The Hall–Kier alpha value is -1.10. The Balaban J connectivity index is 1.63. The summed E-state index contributed by atoms with van der Waals surface area (Å²) in [5.74, 6) is -0.280. The summed E-state index contributed by atoms with van der Waals surface area (Å²) in [4.78, 5) is 2.49. The summed E-state index contributed by atoms with van der Waals surface area (Å²) in [7, 11) is 0. The summed E-state index contributed by atoms with van der Waals surface area (Å²) in [6, 6.07) is 8.60. The van der Waals surface area contributed by atoms with Crippen LogP contribution in [0.5, 0.6) is 0 Å². The van der Waals surface area contributed by atoms with Gasteiger partial charge in [-0.15, -0.1) is 0 Å². The molecule has 2 heterocycles. The van der Waals surface area contributed by atoms with E-state index in [0.29, 0.717) is 6.04 Å². The number of benzene rings is 1. The fourth-order valence-corrected chi connectivity index (χ4v) is 3.02. The van der Waals surface area contributed by atoms with Crippen molar-refractivity contribution in [1.29, 1.82) is 0 Å². The fraction of sp³-hybridized carbons (Fsp3) is 0.600. The van der Waals surface area contributed by atoms with Crippen molar-refractivity contribution in [3.63, 3.8) is 0 Å². The topological polar surface area (TPSA) is 47.7 Å². The van der Waals surface area contributed by atoms with Gasteiger partial charge in [0, 0.05) is 37.7 Å². The lowest BCUT2D eigenvalue weighted by molar-refractivity contribution is -0.187. The van der Waals surface area contributed by atoms with Crippen LogP contribution in [-0.2, 0) is 9.47 Å². The lowest BCUT2D eigenvalue weighted by Crippen LogP contribution is -2.45. The van der Waals surface area contributed by atoms with E-state index in [4.69, 9.17) is 15.2 Å². The van der Waals surface area contributed by atoms with Gasteiger partial charge in [-0.1, -0.05) is 12.1 Å². The van der Waals surface area contributed by atoms with Gasteiger partial charge in [-0.25, -0.2) is 0 Å². The maximum Gasteiger partial charge on any atom is 0.170 e. The summed E-state index contributed by atoms with van der Waals surface area (Å²) in [6.07, 6.45) is 1.93. The van der Waals surface area contributed by atoms with Crippen molar-refractivity contribution in [3.05, 3.63) is 29.8 Å². The molecule has 0 amide bonds. The highest BCUT2D eigenvalue weighted by Crippen LogP contribution is 2.34. The van der Waals surface area contributed by atoms with Crippen LogP contribution in [0.3, 0.4) is 0 Å². The second-order valence-electron chi connectivity index (χ2n) is 5.49. The Kier molecular flexibility index (Phi) is 3.48. The zero-order valence-corrected chi connectivity index (χ0v) is 11.5. The van der Waals surface area contributed by atoms with Crippen molar-refractivity contribution in [2.45, 2.75) is 31.6 Å². The normalized spacial score (nSPS) is 24.7. The number of rotatable bonds is 2. The first-order chi connectivity index (χ1) is 9.19. The van der Waals surface area contributed by atoms with E-state index in [-0.39, 0.29) is 5.79 Å². The molecule has 0 bridgehead atoms. The van der Waals surface area contributed by atoms with E-state index >= 15 is 0 Å². The van der Waals surface area contributed by atoms with Crippen LogP contribution >= 0.6 is 0 Å². The number of nitrogens with zero attached hydrogens (tertiary/aromatic N) is 1. The first-order valence-corrected chi connectivity index (χ1v) is 7.06. The van der Waals surface area contributed by atoms with E-state index in [1.165, 1.54) is 5.56 Å². The van der Waals surface area contributed by atoms with E-state index in [1.54, 1.807) is 0 Å². The van der Waals surface area contributed by atoms with Crippen LogP contribution in [0.4, 0.5) is 5.69 Å². The molecule has 2 aliphatic rings. The molecular weight excluding hydrogens is 240 g/mol. The molecule has 2 N–H and O–H groups in total. The van der Waals surface area contributed by atoms with Crippen LogP contribution in [0.25, 0.3) is 0 Å². The molecule has 2 aliphatic heterocycles. The Morgan fingerprint density at radius 2 is 1.68 bits per heavy atom. The van der Waals surface area contributed by atoms with Crippen LogP contribution in [0.15, 0.2) is 24.3 Å². The third-order valence-electron chi connectivity index (χ3n) is 4.34. The molecule has 3 rings (SSSR count). The van der Waals surface area contributed by atoms with Gasteiger partial charge in [-0.05, 0) is 24.6 Å². The molecule has 1 aromatic carbocycles. The molecule has 1 spiro atoms. The molecule has 1 unspecified atom stereocenters. The molecule has 0 aliphatic carbocycles. The SMILES string of the molecule is CC(c1ccc(N)cc1)N1CCC2(CC1)OCCO2. The summed E-state index contributed by atoms with van der Waals surface area (Å²) >= 11 is 0. The van der Waals surface area contributed by atoms with Gasteiger partial charge in [-0.3, -0.25) is 4.90 Å². The highest BCUT2D eigenvalue weighted by atomic mass is 16.7. The standard InChI is InChI=1S/C15H22N2O2/c1-12(13-2-4-14(16)5-3-13)17-8-6-15(7-9-17)18-10-11-19-15/h2-5,12H,6-11,16H2,1H3. The maximum atomic E-state index is 5.77. The first kappa shape index (κ1) is 12.9. The van der Waals surface area contributed by atoms with Crippen LogP contribution in [0.2, 0.25) is 0 Å². The number of ether oxygens (including phenoxy) is 2. The van der Waals surface area contributed by atoms with Gasteiger partial charge in [0.05, 0.1) is 13.2 Å². The number of likely N-dealkylation sites (tertiary alicyclic amines) is 1. The van der Waals surface area contributed by atoms with Gasteiger partial charge >= 0.3 is 0 Å². The van der Waals surface area contributed by atoms with Crippen molar-refractivity contribution in [2.24, 2.45) is 0 Å². The minimum atomic E-state index is -0.280. The highest BCUT2D eigenvalue weighted by Gasteiger charge is 2.40. The second kappa shape index (κ2) is 5.12. The van der Waals surface area contributed by atoms with Gasteiger partial charge in [0.25, 0.3) is 0 Å².